The Morgan fingerprint density at radius 3 is 0.913 bits per heavy atom. The Hall–Kier alpha value is 0. The van der Waals surface area contributed by atoms with Crippen LogP contribution in [0, 0.1) is 102 Å². The highest BCUT2D eigenvalue weighted by Gasteiger charge is 2.53. The van der Waals surface area contributed by atoms with Crippen LogP contribution in [0.4, 0.5) is 0 Å². The van der Waals surface area contributed by atoms with Gasteiger partial charge in [-0.1, -0.05) is 202 Å². The molecule has 4 unspecified atom stereocenters. The first-order valence-corrected chi connectivity index (χ1v) is 32.0. The van der Waals surface area contributed by atoms with Crippen molar-refractivity contribution in [2.45, 2.75) is 337 Å². The van der Waals surface area contributed by atoms with E-state index in [1.165, 1.54) is 205 Å². The molecule has 0 aliphatic heterocycles. The van der Waals surface area contributed by atoms with E-state index in [-0.39, 0.29) is 0 Å². The molecular weight excluding hydrogens is 829 g/mol. The Balaban J connectivity index is 0.000000161. The van der Waals surface area contributed by atoms with Crippen molar-refractivity contribution in [3.05, 3.63) is 0 Å². The maximum atomic E-state index is 2.56. The van der Waals surface area contributed by atoms with E-state index in [4.69, 9.17) is 0 Å². The van der Waals surface area contributed by atoms with Gasteiger partial charge < -0.3 is 0 Å². The number of rotatable bonds is 6. The van der Waals surface area contributed by atoms with Crippen LogP contribution in [0.5, 0.6) is 0 Å². The maximum Gasteiger partial charge on any atom is -0.0269 e. The Kier molecular flexibility index (Phi) is 20.7. The molecule has 0 heteroatoms. The zero-order chi connectivity index (χ0) is 51.3. The van der Waals surface area contributed by atoms with Crippen molar-refractivity contribution in [3.8, 4) is 0 Å². The van der Waals surface area contributed by atoms with Crippen molar-refractivity contribution in [1.82, 2.24) is 0 Å². The number of fused-ring (bicyclic) bond motifs is 8. The van der Waals surface area contributed by atoms with Crippen LogP contribution in [0.2, 0.25) is 0 Å². The third-order valence-electron chi connectivity index (χ3n) is 24.4. The summed E-state index contributed by atoms with van der Waals surface area (Å²) in [6.07, 6.45) is 47.7. The van der Waals surface area contributed by atoms with Gasteiger partial charge in [0.15, 0.2) is 0 Å². The van der Waals surface area contributed by atoms with Gasteiger partial charge in [0.05, 0.1) is 0 Å². The highest BCUT2D eigenvalue weighted by Crippen LogP contribution is 2.63. The van der Waals surface area contributed by atoms with Crippen molar-refractivity contribution in [2.24, 2.45) is 102 Å². The number of hydrogen-bond acceptors (Lipinski definition) is 0. The standard InChI is InChI=1S/3C14H26.C14H28.C13H24/c1-11(2)12-13(3)7-5-9-14(12,4)10-6-8-13;2*1-11(2)12-8-13(3)6-5-7-14(4,9-12)10-13;1-12(2)13(3)14(4)10-8-6-5-7-9-11-14;1-11(2)13-8-4-6-12(3,10-13)7-5-9-13/h3*11-12H,5-10H2,1-4H3;12-13H,5-11H2,1-4H3;11H,4-10H2,1-3H3/t;;;13-;/m...0./s1. The van der Waals surface area contributed by atoms with Crippen LogP contribution in [-0.2, 0) is 0 Å². The molecule has 9 rings (SSSR count). The van der Waals surface area contributed by atoms with Gasteiger partial charge in [-0.25, -0.2) is 0 Å². The second-order valence-corrected chi connectivity index (χ2v) is 33.0. The molecule has 9 aliphatic carbocycles. The van der Waals surface area contributed by atoms with Gasteiger partial charge >= 0.3 is 0 Å². The van der Waals surface area contributed by atoms with Gasteiger partial charge in [-0.2, -0.15) is 0 Å². The first kappa shape index (κ1) is 59.9. The molecule has 5 atom stereocenters. The Bertz CT molecular complexity index is 1390. The summed E-state index contributed by atoms with van der Waals surface area (Å²) >= 11 is 0. The topological polar surface area (TPSA) is 0 Å². The summed E-state index contributed by atoms with van der Waals surface area (Å²) in [7, 11) is 0. The highest BCUT2D eigenvalue weighted by molar-refractivity contribution is 5.03. The van der Waals surface area contributed by atoms with Gasteiger partial charge in [0.2, 0.25) is 0 Å². The zero-order valence-corrected chi connectivity index (χ0v) is 51.3. The Labute approximate surface area is 437 Å². The molecular formula is C69H130. The van der Waals surface area contributed by atoms with Crippen molar-refractivity contribution in [3.63, 3.8) is 0 Å². The summed E-state index contributed by atoms with van der Waals surface area (Å²) in [6.45, 7) is 47.0. The van der Waals surface area contributed by atoms with Crippen LogP contribution in [0.1, 0.15) is 337 Å². The molecule has 9 saturated carbocycles. The zero-order valence-electron chi connectivity index (χ0n) is 51.3. The van der Waals surface area contributed by atoms with Crippen LogP contribution in [0.15, 0.2) is 0 Å². The predicted octanol–water partition coefficient (Wildman–Crippen LogP) is 23.3. The van der Waals surface area contributed by atoms with E-state index in [9.17, 15) is 0 Å². The molecule has 9 aliphatic rings. The molecule has 9 fully saturated rings. The molecule has 69 heavy (non-hydrogen) atoms. The molecule has 0 N–H and O–H groups in total. The van der Waals surface area contributed by atoms with Gasteiger partial charge in [-0.05, 0) is 237 Å². The van der Waals surface area contributed by atoms with E-state index in [1.807, 2.05) is 0 Å². The summed E-state index contributed by atoms with van der Waals surface area (Å²) in [5, 5.41) is 0. The average molecular weight is 960 g/mol. The third kappa shape index (κ3) is 15.6. The fourth-order valence-corrected chi connectivity index (χ4v) is 20.7. The van der Waals surface area contributed by atoms with Gasteiger partial charge in [-0.3, -0.25) is 0 Å². The maximum absolute atomic E-state index is 2.56. The Morgan fingerprint density at radius 2 is 0.623 bits per heavy atom. The fraction of sp³-hybridized carbons (Fsp3) is 1.00. The first-order chi connectivity index (χ1) is 32.0. The summed E-state index contributed by atoms with van der Waals surface area (Å²) < 4.78 is 0. The molecule has 406 valence electrons. The van der Waals surface area contributed by atoms with Crippen molar-refractivity contribution in [1.29, 1.82) is 0 Å². The molecule has 0 amide bonds. The van der Waals surface area contributed by atoms with E-state index >= 15 is 0 Å². The monoisotopic (exact) mass is 959 g/mol. The van der Waals surface area contributed by atoms with Crippen LogP contribution in [0.25, 0.3) is 0 Å². The molecule has 0 aromatic heterocycles. The van der Waals surface area contributed by atoms with Gasteiger partial charge in [0.25, 0.3) is 0 Å². The second-order valence-electron chi connectivity index (χ2n) is 33.0. The van der Waals surface area contributed by atoms with Crippen molar-refractivity contribution < 1.29 is 0 Å². The summed E-state index contributed by atoms with van der Waals surface area (Å²) in [5.41, 5.74) is 6.24. The van der Waals surface area contributed by atoms with E-state index in [0.717, 1.165) is 64.1 Å². The quantitative estimate of drug-likeness (QED) is 0.249. The van der Waals surface area contributed by atoms with Crippen LogP contribution in [-0.4, -0.2) is 0 Å². The lowest BCUT2D eigenvalue weighted by Crippen LogP contribution is -2.49. The lowest BCUT2D eigenvalue weighted by molar-refractivity contribution is -0.0827. The molecule has 0 nitrogen and oxygen atoms in total. The Morgan fingerprint density at radius 1 is 0.304 bits per heavy atom. The van der Waals surface area contributed by atoms with E-state index < -0.39 is 0 Å². The first-order valence-electron chi connectivity index (χ1n) is 32.0. The lowest BCUT2D eigenvalue weighted by atomic mass is 9.47. The minimum atomic E-state index is 0.634. The molecule has 0 heterocycles. The molecule has 0 aromatic carbocycles. The van der Waals surface area contributed by atoms with Crippen LogP contribution >= 0.6 is 0 Å². The molecule has 0 aromatic rings. The van der Waals surface area contributed by atoms with Gasteiger partial charge in [0, 0.05) is 0 Å². The number of hydrogen-bond donors (Lipinski definition) is 0. The lowest BCUT2D eigenvalue weighted by Gasteiger charge is -2.58. The van der Waals surface area contributed by atoms with Gasteiger partial charge in [-0.15, -0.1) is 0 Å². The fourth-order valence-electron chi connectivity index (χ4n) is 20.7. The summed E-state index contributed by atoms with van der Waals surface area (Å²) in [4.78, 5) is 0. The molecule has 8 bridgehead atoms. The van der Waals surface area contributed by atoms with Crippen molar-refractivity contribution >= 4 is 0 Å². The predicted molar refractivity (Wildman–Crippen MR) is 309 cm³/mol. The van der Waals surface area contributed by atoms with E-state index in [1.54, 1.807) is 0 Å². The highest BCUT2D eigenvalue weighted by atomic mass is 14.6. The largest absolute Gasteiger partial charge is 0.0625 e. The summed E-state index contributed by atoms with van der Waals surface area (Å²) in [6, 6.07) is 0. The smallest absolute Gasteiger partial charge is 0.0269 e. The van der Waals surface area contributed by atoms with E-state index in [2.05, 4.69) is 132 Å². The normalized spacial score (nSPS) is 43.0. The average Bonchev–Trinajstić information content (AvgIpc) is 3.20. The third-order valence-corrected chi connectivity index (χ3v) is 24.4. The van der Waals surface area contributed by atoms with E-state index in [0.29, 0.717) is 37.9 Å². The van der Waals surface area contributed by atoms with Gasteiger partial charge in [0.1, 0.15) is 0 Å². The molecule has 0 spiro atoms. The minimum Gasteiger partial charge on any atom is -0.0625 e. The van der Waals surface area contributed by atoms with Crippen molar-refractivity contribution in [2.75, 3.05) is 0 Å². The molecule has 0 radical (unpaired) electrons. The SMILES string of the molecule is CC(C)C12CCCC(C)(CCC1)C2.CC(C)C1C2(C)CCCC1(C)CCC2.CC(C)C1CC2(C)CCCC(C)(C1)C2.CC(C)C1CC2(C)CCCC(C)(C1)C2.CC(C)[C@H](C)C1(C)CCCCCCC1. The minimum absolute atomic E-state index is 0.634. The summed E-state index contributed by atoms with van der Waals surface area (Å²) in [5.74, 6) is 8.30. The second kappa shape index (κ2) is 23.9. The molecule has 0 saturated heterocycles. The van der Waals surface area contributed by atoms with Crippen LogP contribution < -0.4 is 0 Å². The van der Waals surface area contributed by atoms with Crippen LogP contribution in [0.3, 0.4) is 0 Å².